The van der Waals surface area contributed by atoms with Crippen LogP contribution in [0.1, 0.15) is 26.5 Å². The summed E-state index contributed by atoms with van der Waals surface area (Å²) < 4.78 is 2.02. The smallest absolute Gasteiger partial charge is 0.143 e. The highest BCUT2D eigenvalue weighted by atomic mass is 15.0. The monoisotopic (exact) mass is 189 g/mol. The van der Waals surface area contributed by atoms with Crippen LogP contribution in [0.2, 0.25) is 0 Å². The van der Waals surface area contributed by atoms with Gasteiger partial charge in [-0.2, -0.15) is 0 Å². The largest absolute Gasteiger partial charge is 0.335 e. The molecule has 0 aliphatic heterocycles. The lowest BCUT2D eigenvalue weighted by atomic mass is 9.90. The van der Waals surface area contributed by atoms with Gasteiger partial charge in [-0.05, 0) is 6.07 Å². The summed E-state index contributed by atoms with van der Waals surface area (Å²) in [6.45, 7) is 6.51. The second-order valence-electron chi connectivity index (χ2n) is 4.64. The van der Waals surface area contributed by atoms with Crippen LogP contribution < -0.4 is 0 Å². The third-order valence-electron chi connectivity index (χ3n) is 2.37. The van der Waals surface area contributed by atoms with Crippen LogP contribution in [0.25, 0.3) is 11.0 Å². The maximum Gasteiger partial charge on any atom is 0.143 e. The summed E-state index contributed by atoms with van der Waals surface area (Å²) in [4.78, 5) is 8.63. The van der Waals surface area contributed by atoms with E-state index in [1.165, 1.54) is 0 Å². The molecule has 2 aromatic rings. The van der Waals surface area contributed by atoms with Gasteiger partial charge >= 0.3 is 0 Å². The van der Waals surface area contributed by atoms with Crippen LogP contribution in [0.5, 0.6) is 0 Å². The van der Waals surface area contributed by atoms with Gasteiger partial charge in [0.15, 0.2) is 0 Å². The Labute approximate surface area is 83.8 Å². The fourth-order valence-corrected chi connectivity index (χ4v) is 1.68. The summed E-state index contributed by atoms with van der Waals surface area (Å²) in [7, 11) is 2.00. The lowest BCUT2D eigenvalue weighted by Gasteiger charge is -2.18. The summed E-state index contributed by atoms with van der Waals surface area (Å²) in [5.41, 5.74) is 2.19. The van der Waals surface area contributed by atoms with Gasteiger partial charge in [0.25, 0.3) is 0 Å². The molecular weight excluding hydrogens is 174 g/mol. The third-order valence-corrected chi connectivity index (χ3v) is 2.37. The summed E-state index contributed by atoms with van der Waals surface area (Å²) in [5, 5.41) is 1.16. The highest BCUT2D eigenvalue weighted by Crippen LogP contribution is 2.26. The van der Waals surface area contributed by atoms with Crippen molar-refractivity contribution in [2.75, 3.05) is 0 Å². The third kappa shape index (κ3) is 1.29. The topological polar surface area (TPSA) is 30.7 Å². The summed E-state index contributed by atoms with van der Waals surface area (Å²) in [6, 6.07) is 2.08. The first-order chi connectivity index (χ1) is 6.50. The first kappa shape index (κ1) is 9.19. The average Bonchev–Trinajstić information content (AvgIpc) is 2.46. The van der Waals surface area contributed by atoms with Gasteiger partial charge in [-0.15, -0.1) is 0 Å². The van der Waals surface area contributed by atoms with Gasteiger partial charge < -0.3 is 4.57 Å². The van der Waals surface area contributed by atoms with Crippen LogP contribution in [-0.2, 0) is 12.5 Å². The van der Waals surface area contributed by atoms with E-state index in [1.807, 2.05) is 17.8 Å². The van der Waals surface area contributed by atoms with Crippen molar-refractivity contribution in [1.29, 1.82) is 0 Å². The maximum atomic E-state index is 4.37. The number of hydrogen-bond acceptors (Lipinski definition) is 2. The molecule has 0 saturated carbocycles. The average molecular weight is 189 g/mol. The zero-order valence-corrected chi connectivity index (χ0v) is 9.07. The molecule has 0 N–H and O–H groups in total. The van der Waals surface area contributed by atoms with Crippen LogP contribution in [0.4, 0.5) is 0 Å². The van der Waals surface area contributed by atoms with E-state index in [-0.39, 0.29) is 5.41 Å². The fraction of sp³-hybridized carbons (Fsp3) is 0.455. The number of rotatable bonds is 0. The van der Waals surface area contributed by atoms with Crippen LogP contribution in [0.15, 0.2) is 18.6 Å². The minimum Gasteiger partial charge on any atom is -0.335 e. The van der Waals surface area contributed by atoms with E-state index in [1.54, 1.807) is 6.33 Å². The molecule has 0 atom stereocenters. The molecule has 0 aliphatic rings. The van der Waals surface area contributed by atoms with Gasteiger partial charge in [-0.1, -0.05) is 20.8 Å². The van der Waals surface area contributed by atoms with E-state index in [0.717, 1.165) is 16.7 Å². The molecule has 74 valence electrons. The Morgan fingerprint density at radius 2 is 1.93 bits per heavy atom. The SMILES string of the molecule is Cn1ccc2c(C(C)(C)C)ncnc21. The molecule has 0 aliphatic carbocycles. The van der Waals surface area contributed by atoms with Gasteiger partial charge in [0.05, 0.1) is 5.69 Å². The fourth-order valence-electron chi connectivity index (χ4n) is 1.68. The standard InChI is InChI=1S/C11H15N3/c1-11(2,3)9-8-5-6-14(4)10(8)13-7-12-9/h5-7H,1-4H3. The minimum atomic E-state index is 0.0720. The lowest BCUT2D eigenvalue weighted by Crippen LogP contribution is -2.14. The second kappa shape index (κ2) is 2.80. The molecule has 3 nitrogen and oxygen atoms in total. The van der Waals surface area contributed by atoms with E-state index in [9.17, 15) is 0 Å². The van der Waals surface area contributed by atoms with Crippen molar-refractivity contribution in [1.82, 2.24) is 14.5 Å². The number of fused-ring (bicyclic) bond motifs is 1. The van der Waals surface area contributed by atoms with E-state index in [2.05, 4.69) is 36.8 Å². The minimum absolute atomic E-state index is 0.0720. The molecule has 0 fully saturated rings. The predicted molar refractivity (Wildman–Crippen MR) is 57.2 cm³/mol. The molecule has 2 rings (SSSR count). The molecule has 0 aromatic carbocycles. The lowest BCUT2D eigenvalue weighted by molar-refractivity contribution is 0.574. The Morgan fingerprint density at radius 1 is 1.21 bits per heavy atom. The molecule has 14 heavy (non-hydrogen) atoms. The molecule has 0 radical (unpaired) electrons. The Kier molecular flexibility index (Phi) is 1.84. The van der Waals surface area contributed by atoms with E-state index in [4.69, 9.17) is 0 Å². The van der Waals surface area contributed by atoms with Gasteiger partial charge in [-0.25, -0.2) is 9.97 Å². The molecule has 0 amide bonds. The molecule has 0 spiro atoms. The zero-order valence-electron chi connectivity index (χ0n) is 9.07. The zero-order chi connectivity index (χ0) is 10.3. The molecule has 0 unspecified atom stereocenters. The van der Waals surface area contributed by atoms with E-state index >= 15 is 0 Å². The van der Waals surface area contributed by atoms with Crippen molar-refractivity contribution in [3.8, 4) is 0 Å². The molecule has 0 saturated heterocycles. The molecule has 2 heterocycles. The van der Waals surface area contributed by atoms with Crippen LogP contribution in [0.3, 0.4) is 0 Å². The Morgan fingerprint density at radius 3 is 2.57 bits per heavy atom. The highest BCUT2D eigenvalue weighted by Gasteiger charge is 2.19. The van der Waals surface area contributed by atoms with Crippen molar-refractivity contribution in [2.45, 2.75) is 26.2 Å². The van der Waals surface area contributed by atoms with Crippen molar-refractivity contribution >= 4 is 11.0 Å². The second-order valence-corrected chi connectivity index (χ2v) is 4.64. The Bertz CT molecular complexity index is 463. The predicted octanol–water partition coefficient (Wildman–Crippen LogP) is 2.27. The van der Waals surface area contributed by atoms with Gasteiger partial charge in [-0.3, -0.25) is 0 Å². The van der Waals surface area contributed by atoms with Gasteiger partial charge in [0.1, 0.15) is 12.0 Å². The van der Waals surface area contributed by atoms with Crippen LogP contribution in [0, 0.1) is 0 Å². The number of nitrogens with zero attached hydrogens (tertiary/aromatic N) is 3. The van der Waals surface area contributed by atoms with Crippen LogP contribution in [-0.4, -0.2) is 14.5 Å². The molecule has 2 aromatic heterocycles. The first-order valence-electron chi connectivity index (χ1n) is 4.76. The molecule has 3 heteroatoms. The van der Waals surface area contributed by atoms with Crippen molar-refractivity contribution in [3.05, 3.63) is 24.3 Å². The molecule has 0 bridgehead atoms. The van der Waals surface area contributed by atoms with Gasteiger partial charge in [0, 0.05) is 24.0 Å². The van der Waals surface area contributed by atoms with Crippen molar-refractivity contribution in [3.63, 3.8) is 0 Å². The molecular formula is C11H15N3. The first-order valence-corrected chi connectivity index (χ1v) is 4.76. The number of hydrogen-bond donors (Lipinski definition) is 0. The normalized spacial score (nSPS) is 12.3. The quantitative estimate of drug-likeness (QED) is 0.636. The van der Waals surface area contributed by atoms with Crippen LogP contribution >= 0.6 is 0 Å². The van der Waals surface area contributed by atoms with Crippen molar-refractivity contribution in [2.24, 2.45) is 7.05 Å². The van der Waals surface area contributed by atoms with E-state index in [0.29, 0.717) is 0 Å². The summed E-state index contributed by atoms with van der Waals surface area (Å²) >= 11 is 0. The Hall–Kier alpha value is -1.38. The van der Waals surface area contributed by atoms with Gasteiger partial charge in [0.2, 0.25) is 0 Å². The Balaban J connectivity index is 2.79. The maximum absolute atomic E-state index is 4.37. The van der Waals surface area contributed by atoms with Crippen molar-refractivity contribution < 1.29 is 0 Å². The summed E-state index contributed by atoms with van der Waals surface area (Å²) in [6.07, 6.45) is 3.66. The van der Waals surface area contributed by atoms with E-state index < -0.39 is 0 Å². The summed E-state index contributed by atoms with van der Waals surface area (Å²) in [5.74, 6) is 0. The number of aryl methyl sites for hydroxylation is 1. The number of aromatic nitrogens is 3. The highest BCUT2D eigenvalue weighted by molar-refractivity contribution is 5.79.